The molecule has 1 aromatic heterocycles. The lowest BCUT2D eigenvalue weighted by atomic mass is 10.1. The second-order valence-corrected chi connectivity index (χ2v) is 5.88. The van der Waals surface area contributed by atoms with Gasteiger partial charge in [0.1, 0.15) is 18.2 Å². The third-order valence-corrected chi connectivity index (χ3v) is 3.86. The fourth-order valence-corrected chi connectivity index (χ4v) is 2.40. The zero-order valence-electron chi connectivity index (χ0n) is 15.0. The Morgan fingerprint density at radius 3 is 2.45 bits per heavy atom. The highest BCUT2D eigenvalue weighted by atomic mass is 19.4. The van der Waals surface area contributed by atoms with Gasteiger partial charge in [0.05, 0.1) is 19.3 Å². The van der Waals surface area contributed by atoms with E-state index in [1.54, 1.807) is 24.3 Å². The Hall–Kier alpha value is -3.27. The molecule has 152 valence electrons. The van der Waals surface area contributed by atoms with E-state index >= 15 is 0 Å². The van der Waals surface area contributed by atoms with Crippen LogP contribution in [-0.2, 0) is 17.5 Å². The van der Waals surface area contributed by atoms with Crippen LogP contribution in [0.15, 0.2) is 47.0 Å². The average molecular weight is 410 g/mol. The van der Waals surface area contributed by atoms with Crippen LogP contribution in [0.5, 0.6) is 5.75 Å². The van der Waals surface area contributed by atoms with Crippen LogP contribution in [0.2, 0.25) is 0 Å². The van der Waals surface area contributed by atoms with Crippen LogP contribution in [-0.4, -0.2) is 29.6 Å². The number of benzene rings is 2. The topological polar surface area (TPSA) is 74.5 Å². The monoisotopic (exact) mass is 410 g/mol. The maximum absolute atomic E-state index is 14.3. The first-order valence-electron chi connectivity index (χ1n) is 8.22. The van der Waals surface area contributed by atoms with Crippen molar-refractivity contribution in [2.75, 3.05) is 13.7 Å². The fourth-order valence-electron chi connectivity index (χ4n) is 2.40. The third-order valence-electron chi connectivity index (χ3n) is 3.86. The van der Waals surface area contributed by atoms with Gasteiger partial charge in [0, 0.05) is 5.56 Å². The zero-order chi connectivity index (χ0) is 21.0. The summed E-state index contributed by atoms with van der Waals surface area (Å²) < 4.78 is 66.2. The Morgan fingerprint density at radius 1 is 1.14 bits per heavy atom. The van der Waals surface area contributed by atoms with Crippen molar-refractivity contribution in [1.29, 1.82) is 0 Å². The Labute approximate surface area is 162 Å². The van der Waals surface area contributed by atoms with E-state index in [-0.39, 0.29) is 24.3 Å². The van der Waals surface area contributed by atoms with Crippen molar-refractivity contribution < 1.29 is 36.4 Å². The summed E-state index contributed by atoms with van der Waals surface area (Å²) in [4.78, 5) is 15.3. The van der Waals surface area contributed by atoms with E-state index < -0.39 is 29.5 Å². The van der Waals surface area contributed by atoms with E-state index in [0.29, 0.717) is 5.75 Å². The number of methoxy groups -OCH3 is 1. The van der Waals surface area contributed by atoms with E-state index in [1.165, 1.54) is 13.2 Å². The molecule has 6 nitrogen and oxygen atoms in total. The number of nitrogens with zero attached hydrogens (tertiary/aromatic N) is 2. The smallest absolute Gasteiger partial charge is 0.471 e. The van der Waals surface area contributed by atoms with Crippen LogP contribution in [0.1, 0.15) is 21.8 Å². The van der Waals surface area contributed by atoms with Crippen LogP contribution in [0.3, 0.4) is 0 Å². The molecule has 0 fully saturated rings. The van der Waals surface area contributed by atoms with Crippen molar-refractivity contribution in [3.63, 3.8) is 0 Å². The van der Waals surface area contributed by atoms with Gasteiger partial charge >= 0.3 is 12.1 Å². The predicted molar refractivity (Wildman–Crippen MR) is 91.7 cm³/mol. The molecule has 0 amide bonds. The number of Topliss-reactive ketones (excluding diaryl/α,β-unsaturated/α-hetero) is 1. The number of hydrogen-bond donors (Lipinski definition) is 0. The summed E-state index contributed by atoms with van der Waals surface area (Å²) in [5.74, 6) is -2.85. The maximum Gasteiger partial charge on any atom is 0.471 e. The highest BCUT2D eigenvalue weighted by Crippen LogP contribution is 2.29. The van der Waals surface area contributed by atoms with Gasteiger partial charge in [-0.2, -0.15) is 18.2 Å². The third kappa shape index (κ3) is 4.96. The van der Waals surface area contributed by atoms with Crippen LogP contribution >= 0.6 is 0 Å². The SMILES string of the molecule is COc1ccc(COCC(=O)c2ccc(-c3noc(C(F)(F)F)n3)cc2F)cc1. The van der Waals surface area contributed by atoms with Crippen molar-refractivity contribution in [2.24, 2.45) is 0 Å². The van der Waals surface area contributed by atoms with Crippen molar-refractivity contribution >= 4 is 5.78 Å². The summed E-state index contributed by atoms with van der Waals surface area (Å²) in [5.41, 5.74) is 0.479. The number of ether oxygens (including phenoxy) is 2. The first kappa shape index (κ1) is 20.5. The van der Waals surface area contributed by atoms with E-state index in [0.717, 1.165) is 17.7 Å². The van der Waals surface area contributed by atoms with E-state index in [4.69, 9.17) is 9.47 Å². The standard InChI is InChI=1S/C19H14F4N2O4/c1-27-13-5-2-11(3-6-13)9-28-10-16(26)14-7-4-12(8-15(14)20)17-24-18(29-25-17)19(21,22)23/h2-8H,9-10H2,1H3. The van der Waals surface area contributed by atoms with Crippen molar-refractivity contribution in [3.05, 3.63) is 65.3 Å². The first-order valence-corrected chi connectivity index (χ1v) is 8.22. The number of halogens is 4. The first-order chi connectivity index (χ1) is 13.8. The summed E-state index contributed by atoms with van der Waals surface area (Å²) >= 11 is 0. The number of rotatable bonds is 7. The molecule has 29 heavy (non-hydrogen) atoms. The molecule has 3 rings (SSSR count). The van der Waals surface area contributed by atoms with E-state index in [9.17, 15) is 22.4 Å². The quantitative estimate of drug-likeness (QED) is 0.427. The summed E-state index contributed by atoms with van der Waals surface area (Å²) in [6.07, 6.45) is -4.80. The molecular formula is C19H14F4N2O4. The molecule has 0 radical (unpaired) electrons. The number of alkyl halides is 3. The van der Waals surface area contributed by atoms with Crippen LogP contribution in [0.25, 0.3) is 11.4 Å². The van der Waals surface area contributed by atoms with Gasteiger partial charge < -0.3 is 14.0 Å². The average Bonchev–Trinajstić information content (AvgIpc) is 3.19. The number of hydrogen-bond acceptors (Lipinski definition) is 6. The number of carbonyl (C=O) groups excluding carboxylic acids is 1. The molecule has 0 spiro atoms. The Bertz CT molecular complexity index is 1000. The predicted octanol–water partition coefficient (Wildman–Crippen LogP) is 4.30. The van der Waals surface area contributed by atoms with Crippen molar-refractivity contribution in [3.8, 4) is 17.1 Å². The summed E-state index contributed by atoms with van der Waals surface area (Å²) in [6, 6.07) is 10.2. The van der Waals surface area contributed by atoms with Gasteiger partial charge in [-0.05, 0) is 29.8 Å². The van der Waals surface area contributed by atoms with Crippen LogP contribution in [0, 0.1) is 5.82 Å². The minimum atomic E-state index is -4.80. The molecule has 1 heterocycles. The molecular weight excluding hydrogens is 396 g/mol. The van der Waals surface area contributed by atoms with Crippen molar-refractivity contribution in [1.82, 2.24) is 10.1 Å². The Morgan fingerprint density at radius 2 is 1.86 bits per heavy atom. The molecule has 10 heteroatoms. The molecule has 0 aliphatic carbocycles. The van der Waals surface area contributed by atoms with E-state index in [2.05, 4.69) is 14.7 Å². The minimum absolute atomic E-state index is 0.0579. The molecule has 0 atom stereocenters. The van der Waals surface area contributed by atoms with Gasteiger partial charge in [-0.1, -0.05) is 23.4 Å². The van der Waals surface area contributed by atoms with Gasteiger partial charge in [0.25, 0.3) is 0 Å². The molecule has 0 aliphatic heterocycles. The normalized spacial score (nSPS) is 11.5. The fraction of sp³-hybridized carbons (Fsp3) is 0.211. The van der Waals surface area contributed by atoms with Gasteiger partial charge in [0.2, 0.25) is 5.82 Å². The molecule has 0 N–H and O–H groups in total. The lowest BCUT2D eigenvalue weighted by Crippen LogP contribution is -2.11. The Kier molecular flexibility index (Phi) is 5.92. The second-order valence-electron chi connectivity index (χ2n) is 5.88. The maximum atomic E-state index is 14.3. The number of aromatic nitrogens is 2. The molecule has 0 saturated heterocycles. The van der Waals surface area contributed by atoms with Gasteiger partial charge in [-0.15, -0.1) is 0 Å². The van der Waals surface area contributed by atoms with Crippen molar-refractivity contribution in [2.45, 2.75) is 12.8 Å². The molecule has 0 unspecified atom stereocenters. The zero-order valence-corrected chi connectivity index (χ0v) is 15.0. The molecule has 3 aromatic rings. The van der Waals surface area contributed by atoms with Crippen LogP contribution < -0.4 is 4.74 Å². The van der Waals surface area contributed by atoms with Gasteiger partial charge in [0.15, 0.2) is 5.78 Å². The minimum Gasteiger partial charge on any atom is -0.497 e. The summed E-state index contributed by atoms with van der Waals surface area (Å²) in [6.45, 7) is -0.235. The molecule has 2 aromatic carbocycles. The van der Waals surface area contributed by atoms with Gasteiger partial charge in [-0.3, -0.25) is 4.79 Å². The molecule has 0 saturated carbocycles. The Balaban J connectivity index is 1.63. The highest BCUT2D eigenvalue weighted by molar-refractivity contribution is 5.97. The second kappa shape index (κ2) is 8.39. The lowest BCUT2D eigenvalue weighted by Gasteiger charge is -2.06. The number of ketones is 1. The number of carbonyl (C=O) groups is 1. The highest BCUT2D eigenvalue weighted by Gasteiger charge is 2.38. The lowest BCUT2D eigenvalue weighted by molar-refractivity contribution is -0.159. The molecule has 0 bridgehead atoms. The largest absolute Gasteiger partial charge is 0.497 e. The van der Waals surface area contributed by atoms with Crippen LogP contribution in [0.4, 0.5) is 17.6 Å². The summed E-state index contributed by atoms with van der Waals surface area (Å²) in [7, 11) is 1.54. The molecule has 0 aliphatic rings. The van der Waals surface area contributed by atoms with Gasteiger partial charge in [-0.25, -0.2) is 4.39 Å². The van der Waals surface area contributed by atoms with E-state index in [1.807, 2.05) is 0 Å². The summed E-state index contributed by atoms with van der Waals surface area (Å²) in [5, 5.41) is 3.17.